The maximum Gasteiger partial charge on any atom is 0.223 e. The number of hydrogen-bond acceptors (Lipinski definition) is 3. The Balaban J connectivity index is 1.49. The number of para-hydroxylation sites is 1. The molecule has 2 atom stereocenters. The first-order chi connectivity index (χ1) is 11.1. The van der Waals surface area contributed by atoms with Crippen molar-refractivity contribution in [1.29, 1.82) is 0 Å². The van der Waals surface area contributed by atoms with Crippen LogP contribution in [0, 0.1) is 17.2 Å². The number of nitrogens with one attached hydrogen (secondary N) is 2. The zero-order chi connectivity index (χ0) is 16.3. The molecule has 126 valence electrons. The molecule has 0 bridgehead atoms. The standard InChI is InChI=1S/C18H25FN2O2/c1-2-13(23-16-6-4-3-5-15(16)19)12-21-17(22)14-11-18(14)7-9-20-10-8-18/h3-6,13-14,20H,2,7-12H2,1H3,(H,21,22). The van der Waals surface area contributed by atoms with Crippen molar-refractivity contribution < 1.29 is 13.9 Å². The van der Waals surface area contributed by atoms with E-state index in [0.717, 1.165) is 32.4 Å². The smallest absolute Gasteiger partial charge is 0.223 e. The van der Waals surface area contributed by atoms with Crippen LogP contribution in [0.4, 0.5) is 4.39 Å². The molecule has 2 fully saturated rings. The fraction of sp³-hybridized carbons (Fsp3) is 0.611. The lowest BCUT2D eigenvalue weighted by Crippen LogP contribution is -2.38. The van der Waals surface area contributed by atoms with Gasteiger partial charge in [0.1, 0.15) is 6.10 Å². The molecule has 0 aromatic heterocycles. The van der Waals surface area contributed by atoms with E-state index in [0.29, 0.717) is 13.0 Å². The number of carbonyl (C=O) groups is 1. The highest BCUT2D eigenvalue weighted by molar-refractivity contribution is 5.82. The van der Waals surface area contributed by atoms with Crippen LogP contribution in [0.15, 0.2) is 24.3 Å². The second kappa shape index (κ2) is 6.87. The van der Waals surface area contributed by atoms with Crippen LogP contribution in [-0.4, -0.2) is 31.6 Å². The van der Waals surface area contributed by atoms with Crippen LogP contribution in [0.3, 0.4) is 0 Å². The van der Waals surface area contributed by atoms with Gasteiger partial charge in [0.05, 0.1) is 6.54 Å². The molecule has 4 nitrogen and oxygen atoms in total. The number of halogens is 1. The largest absolute Gasteiger partial charge is 0.486 e. The molecule has 2 N–H and O–H groups in total. The summed E-state index contributed by atoms with van der Waals surface area (Å²) in [5.74, 6) is 0.154. The molecule has 2 unspecified atom stereocenters. The average molecular weight is 320 g/mol. The first-order valence-electron chi connectivity index (χ1n) is 8.54. The van der Waals surface area contributed by atoms with E-state index in [9.17, 15) is 9.18 Å². The van der Waals surface area contributed by atoms with Gasteiger partial charge in [-0.15, -0.1) is 0 Å². The summed E-state index contributed by atoms with van der Waals surface area (Å²) in [5.41, 5.74) is 0.240. The van der Waals surface area contributed by atoms with E-state index in [2.05, 4.69) is 10.6 Å². The van der Waals surface area contributed by atoms with Crippen molar-refractivity contribution in [2.45, 2.75) is 38.7 Å². The third-order valence-corrected chi connectivity index (χ3v) is 5.20. The van der Waals surface area contributed by atoms with Gasteiger partial charge in [0, 0.05) is 5.92 Å². The van der Waals surface area contributed by atoms with Gasteiger partial charge in [0.2, 0.25) is 5.91 Å². The summed E-state index contributed by atoms with van der Waals surface area (Å²) in [6, 6.07) is 6.38. The molecule has 1 amide bonds. The van der Waals surface area contributed by atoms with E-state index in [-0.39, 0.29) is 34.9 Å². The maximum absolute atomic E-state index is 13.6. The van der Waals surface area contributed by atoms with E-state index in [1.165, 1.54) is 6.07 Å². The maximum atomic E-state index is 13.6. The van der Waals surface area contributed by atoms with Gasteiger partial charge >= 0.3 is 0 Å². The summed E-state index contributed by atoms with van der Waals surface area (Å²) in [6.07, 6.45) is 3.69. The minimum atomic E-state index is -0.367. The Morgan fingerprint density at radius 1 is 1.43 bits per heavy atom. The Morgan fingerprint density at radius 2 is 2.17 bits per heavy atom. The third-order valence-electron chi connectivity index (χ3n) is 5.20. The topological polar surface area (TPSA) is 50.4 Å². The highest BCUT2D eigenvalue weighted by Gasteiger charge is 2.57. The van der Waals surface area contributed by atoms with Crippen molar-refractivity contribution in [3.63, 3.8) is 0 Å². The number of benzene rings is 1. The summed E-state index contributed by atoms with van der Waals surface area (Å²) in [6.45, 7) is 4.42. The van der Waals surface area contributed by atoms with Gasteiger partial charge in [0.25, 0.3) is 0 Å². The van der Waals surface area contributed by atoms with Gasteiger partial charge < -0.3 is 15.4 Å². The second-order valence-corrected chi connectivity index (χ2v) is 6.69. The van der Waals surface area contributed by atoms with E-state index < -0.39 is 0 Å². The van der Waals surface area contributed by atoms with Gasteiger partial charge in [0.15, 0.2) is 11.6 Å². The minimum absolute atomic E-state index is 0.127. The molecule has 1 spiro atoms. The Hall–Kier alpha value is -1.62. The number of amides is 1. The van der Waals surface area contributed by atoms with Crippen LogP contribution in [0.5, 0.6) is 5.75 Å². The third kappa shape index (κ3) is 3.66. The van der Waals surface area contributed by atoms with Crippen molar-refractivity contribution >= 4 is 5.91 Å². The first kappa shape index (κ1) is 16.2. The lowest BCUT2D eigenvalue weighted by atomic mass is 9.92. The lowest BCUT2D eigenvalue weighted by molar-refractivity contribution is -0.123. The number of piperidine rings is 1. The van der Waals surface area contributed by atoms with Gasteiger partial charge in [-0.3, -0.25) is 4.79 Å². The molecule has 1 aliphatic carbocycles. The zero-order valence-corrected chi connectivity index (χ0v) is 13.6. The molecule has 23 heavy (non-hydrogen) atoms. The van der Waals surface area contributed by atoms with Crippen molar-refractivity contribution in [2.75, 3.05) is 19.6 Å². The normalized spacial score (nSPS) is 23.3. The molecule has 2 aliphatic rings. The summed E-state index contributed by atoms with van der Waals surface area (Å²) in [5, 5.41) is 6.34. The molecule has 1 aromatic rings. The summed E-state index contributed by atoms with van der Waals surface area (Å²) in [7, 11) is 0. The fourth-order valence-electron chi connectivity index (χ4n) is 3.52. The zero-order valence-electron chi connectivity index (χ0n) is 13.6. The predicted molar refractivity (Wildman–Crippen MR) is 86.8 cm³/mol. The van der Waals surface area contributed by atoms with E-state index in [1.807, 2.05) is 6.92 Å². The molecule has 1 saturated heterocycles. The number of ether oxygens (including phenoxy) is 1. The highest BCUT2D eigenvalue weighted by Crippen LogP contribution is 2.58. The fourth-order valence-corrected chi connectivity index (χ4v) is 3.52. The second-order valence-electron chi connectivity index (χ2n) is 6.69. The van der Waals surface area contributed by atoms with Crippen LogP contribution in [0.25, 0.3) is 0 Å². The predicted octanol–water partition coefficient (Wildman–Crippen LogP) is 2.49. The van der Waals surface area contributed by atoms with Crippen molar-refractivity contribution in [3.05, 3.63) is 30.1 Å². The molecule has 1 aliphatic heterocycles. The number of rotatable bonds is 6. The summed E-state index contributed by atoms with van der Waals surface area (Å²) >= 11 is 0. The highest BCUT2D eigenvalue weighted by atomic mass is 19.1. The monoisotopic (exact) mass is 320 g/mol. The molecular weight excluding hydrogens is 295 g/mol. The molecule has 5 heteroatoms. The quantitative estimate of drug-likeness (QED) is 0.847. The van der Waals surface area contributed by atoms with Gasteiger partial charge in [-0.25, -0.2) is 4.39 Å². The van der Waals surface area contributed by atoms with Crippen LogP contribution in [0.1, 0.15) is 32.6 Å². The van der Waals surface area contributed by atoms with Gasteiger partial charge in [-0.1, -0.05) is 19.1 Å². The first-order valence-corrected chi connectivity index (χ1v) is 8.54. The summed E-state index contributed by atoms with van der Waals surface area (Å²) in [4.78, 5) is 12.4. The molecule has 1 aromatic carbocycles. The van der Waals surface area contributed by atoms with Crippen molar-refractivity contribution in [2.24, 2.45) is 11.3 Å². The van der Waals surface area contributed by atoms with Crippen molar-refractivity contribution in [3.8, 4) is 5.75 Å². The SMILES string of the molecule is CCC(CNC(=O)C1CC12CCNCC2)Oc1ccccc1F. The Morgan fingerprint density at radius 3 is 2.87 bits per heavy atom. The molecule has 1 saturated carbocycles. The van der Waals surface area contributed by atoms with Crippen LogP contribution in [0.2, 0.25) is 0 Å². The Kier molecular flexibility index (Phi) is 4.85. The molecule has 1 heterocycles. The Bertz CT molecular complexity index is 558. The van der Waals surface area contributed by atoms with E-state index in [4.69, 9.17) is 4.74 Å². The minimum Gasteiger partial charge on any atom is -0.486 e. The van der Waals surface area contributed by atoms with Gasteiger partial charge in [-0.2, -0.15) is 0 Å². The molecule has 3 rings (SSSR count). The average Bonchev–Trinajstić information content (AvgIpc) is 3.26. The molecular formula is C18H25FN2O2. The summed E-state index contributed by atoms with van der Waals surface area (Å²) < 4.78 is 19.3. The van der Waals surface area contributed by atoms with E-state index >= 15 is 0 Å². The number of hydrogen-bond donors (Lipinski definition) is 2. The van der Waals surface area contributed by atoms with Crippen molar-refractivity contribution in [1.82, 2.24) is 10.6 Å². The Labute approximate surface area is 136 Å². The van der Waals surface area contributed by atoms with Gasteiger partial charge in [-0.05, 0) is 56.3 Å². The van der Waals surface area contributed by atoms with E-state index in [1.54, 1.807) is 18.2 Å². The van der Waals surface area contributed by atoms with Crippen LogP contribution < -0.4 is 15.4 Å². The molecule has 0 radical (unpaired) electrons. The lowest BCUT2D eigenvalue weighted by Gasteiger charge is -2.23. The number of carbonyl (C=O) groups excluding carboxylic acids is 1. The van der Waals surface area contributed by atoms with Crippen LogP contribution in [-0.2, 0) is 4.79 Å². The van der Waals surface area contributed by atoms with Crippen LogP contribution >= 0.6 is 0 Å².